The van der Waals surface area contributed by atoms with E-state index in [1.807, 2.05) is 42.5 Å². The highest BCUT2D eigenvalue weighted by Gasteiger charge is 2.23. The smallest absolute Gasteiger partial charge is 0.411 e. The van der Waals surface area contributed by atoms with Gasteiger partial charge < -0.3 is 14.3 Å². The molecule has 0 saturated carbocycles. The van der Waals surface area contributed by atoms with Gasteiger partial charge in [0.1, 0.15) is 12.4 Å². The summed E-state index contributed by atoms with van der Waals surface area (Å²) in [6, 6.07) is 16.7. The minimum Gasteiger partial charge on any atom is -0.497 e. The molecule has 1 unspecified atom stereocenters. The first-order valence-corrected chi connectivity index (χ1v) is 7.60. The molecule has 2 aromatic rings. The lowest BCUT2D eigenvalue weighted by Crippen LogP contribution is -2.22. The van der Waals surface area contributed by atoms with Crippen molar-refractivity contribution in [1.29, 1.82) is 0 Å². The third-order valence-corrected chi connectivity index (χ3v) is 3.58. The molecular formula is C18H18N2O4. The summed E-state index contributed by atoms with van der Waals surface area (Å²) in [7, 11) is 1.62. The molecule has 0 aliphatic carbocycles. The molecule has 6 nitrogen and oxygen atoms in total. The first-order valence-electron chi connectivity index (χ1n) is 7.60. The average Bonchev–Trinajstić information content (AvgIpc) is 3.10. The molecule has 0 aromatic heterocycles. The number of methoxy groups -OCH3 is 1. The fraction of sp³-hybridized carbons (Fsp3) is 0.222. The summed E-state index contributed by atoms with van der Waals surface area (Å²) in [6.45, 7) is 0.141. The van der Waals surface area contributed by atoms with Gasteiger partial charge in [-0.3, -0.25) is 5.32 Å². The summed E-state index contributed by atoms with van der Waals surface area (Å²) < 4.78 is 10.3. The van der Waals surface area contributed by atoms with Gasteiger partial charge in [-0.2, -0.15) is 0 Å². The summed E-state index contributed by atoms with van der Waals surface area (Å²) in [5, 5.41) is 6.72. The van der Waals surface area contributed by atoms with Gasteiger partial charge in [-0.25, -0.2) is 4.79 Å². The number of nitrogens with one attached hydrogen (secondary N) is 1. The normalized spacial score (nSPS) is 16.0. The second-order valence-electron chi connectivity index (χ2n) is 5.29. The van der Waals surface area contributed by atoms with Gasteiger partial charge in [0.25, 0.3) is 0 Å². The van der Waals surface area contributed by atoms with Crippen LogP contribution in [0.2, 0.25) is 0 Å². The van der Waals surface area contributed by atoms with Crippen molar-refractivity contribution in [1.82, 2.24) is 0 Å². The van der Waals surface area contributed by atoms with E-state index in [-0.39, 0.29) is 12.7 Å². The summed E-state index contributed by atoms with van der Waals surface area (Å²) in [6.07, 6.45) is -0.198. The maximum Gasteiger partial charge on any atom is 0.411 e. The molecular weight excluding hydrogens is 308 g/mol. The summed E-state index contributed by atoms with van der Waals surface area (Å²) in [5.41, 5.74) is 2.48. The molecule has 0 saturated heterocycles. The lowest BCUT2D eigenvalue weighted by Gasteiger charge is -2.10. The van der Waals surface area contributed by atoms with Gasteiger partial charge in [0, 0.05) is 12.1 Å². The predicted octanol–water partition coefficient (Wildman–Crippen LogP) is 3.44. The predicted molar refractivity (Wildman–Crippen MR) is 90.4 cm³/mol. The maximum absolute atomic E-state index is 11.8. The van der Waals surface area contributed by atoms with Crippen LogP contribution in [0.3, 0.4) is 0 Å². The molecule has 2 aromatic carbocycles. The molecule has 0 spiro atoms. The minimum absolute atomic E-state index is 0.141. The Morgan fingerprint density at radius 1 is 1.21 bits per heavy atom. The van der Waals surface area contributed by atoms with Crippen LogP contribution in [-0.4, -0.2) is 31.6 Å². The highest BCUT2D eigenvalue weighted by molar-refractivity contribution is 6.01. The van der Waals surface area contributed by atoms with Crippen LogP contribution in [0.25, 0.3) is 0 Å². The van der Waals surface area contributed by atoms with Crippen molar-refractivity contribution >= 4 is 17.5 Å². The zero-order valence-corrected chi connectivity index (χ0v) is 13.3. The third kappa shape index (κ3) is 4.04. The molecule has 24 heavy (non-hydrogen) atoms. The molecule has 1 aliphatic rings. The van der Waals surface area contributed by atoms with Gasteiger partial charge in [0.15, 0.2) is 6.10 Å². The quantitative estimate of drug-likeness (QED) is 0.914. The van der Waals surface area contributed by atoms with E-state index >= 15 is 0 Å². The van der Waals surface area contributed by atoms with E-state index in [4.69, 9.17) is 14.3 Å². The van der Waals surface area contributed by atoms with Crippen molar-refractivity contribution in [2.75, 3.05) is 19.0 Å². The molecule has 124 valence electrons. The van der Waals surface area contributed by atoms with Crippen LogP contribution in [0.5, 0.6) is 5.75 Å². The van der Waals surface area contributed by atoms with Gasteiger partial charge in [0.05, 0.1) is 12.8 Å². The Morgan fingerprint density at radius 3 is 2.67 bits per heavy atom. The van der Waals surface area contributed by atoms with Crippen molar-refractivity contribution in [2.24, 2.45) is 5.16 Å². The summed E-state index contributed by atoms with van der Waals surface area (Å²) in [5.74, 6) is 0.788. The second kappa shape index (κ2) is 7.50. The van der Waals surface area contributed by atoms with Gasteiger partial charge in [0.2, 0.25) is 0 Å². The van der Waals surface area contributed by atoms with E-state index < -0.39 is 6.09 Å². The van der Waals surface area contributed by atoms with Crippen LogP contribution in [-0.2, 0) is 9.57 Å². The number of oxime groups is 1. The first kappa shape index (κ1) is 15.9. The van der Waals surface area contributed by atoms with Crippen molar-refractivity contribution in [2.45, 2.75) is 12.5 Å². The summed E-state index contributed by atoms with van der Waals surface area (Å²) >= 11 is 0. The molecule has 1 aliphatic heterocycles. The highest BCUT2D eigenvalue weighted by Crippen LogP contribution is 2.19. The van der Waals surface area contributed by atoms with Gasteiger partial charge in [-0.1, -0.05) is 23.4 Å². The minimum atomic E-state index is -0.511. The topological polar surface area (TPSA) is 69.1 Å². The molecule has 1 atom stereocenters. The number of hydrogen-bond donors (Lipinski definition) is 1. The van der Waals surface area contributed by atoms with Crippen molar-refractivity contribution in [3.05, 3.63) is 60.2 Å². The Kier molecular flexibility index (Phi) is 4.96. The number of rotatable bonds is 5. The van der Waals surface area contributed by atoms with Crippen molar-refractivity contribution in [3.63, 3.8) is 0 Å². The van der Waals surface area contributed by atoms with E-state index in [9.17, 15) is 4.79 Å². The number of nitrogens with zero attached hydrogens (tertiary/aromatic N) is 1. The van der Waals surface area contributed by atoms with Crippen molar-refractivity contribution in [3.8, 4) is 5.75 Å². The molecule has 0 bridgehead atoms. The van der Waals surface area contributed by atoms with E-state index in [2.05, 4.69) is 10.5 Å². The van der Waals surface area contributed by atoms with Crippen LogP contribution in [0.1, 0.15) is 12.0 Å². The van der Waals surface area contributed by atoms with Gasteiger partial charge >= 0.3 is 6.09 Å². The van der Waals surface area contributed by atoms with Crippen LogP contribution in [0, 0.1) is 0 Å². The van der Waals surface area contributed by atoms with Crippen LogP contribution in [0.4, 0.5) is 10.5 Å². The Bertz CT molecular complexity index is 714. The number of carbonyl (C=O) groups is 1. The van der Waals surface area contributed by atoms with Crippen LogP contribution in [0.15, 0.2) is 59.8 Å². The Morgan fingerprint density at radius 2 is 1.96 bits per heavy atom. The number of carbonyl (C=O) groups excluding carboxylic acids is 1. The molecule has 6 heteroatoms. The second-order valence-corrected chi connectivity index (χ2v) is 5.29. The lowest BCUT2D eigenvalue weighted by atomic mass is 10.1. The summed E-state index contributed by atoms with van der Waals surface area (Å²) in [4.78, 5) is 17.1. The van der Waals surface area contributed by atoms with E-state index in [1.165, 1.54) is 0 Å². The molecule has 3 rings (SSSR count). The number of anilines is 1. The van der Waals surface area contributed by atoms with Crippen molar-refractivity contribution < 1.29 is 19.1 Å². The average molecular weight is 326 g/mol. The highest BCUT2D eigenvalue weighted by atomic mass is 16.7. The lowest BCUT2D eigenvalue weighted by molar-refractivity contribution is 0.0311. The third-order valence-electron chi connectivity index (χ3n) is 3.58. The Labute approximate surface area is 140 Å². The molecule has 1 heterocycles. The molecule has 0 fully saturated rings. The first-order chi connectivity index (χ1) is 11.7. The fourth-order valence-electron chi connectivity index (χ4n) is 2.32. The van der Waals surface area contributed by atoms with E-state index in [0.29, 0.717) is 12.1 Å². The van der Waals surface area contributed by atoms with Gasteiger partial charge in [-0.05, 0) is 42.0 Å². The fourth-order valence-corrected chi connectivity index (χ4v) is 2.32. The zero-order valence-electron chi connectivity index (χ0n) is 13.3. The Balaban J connectivity index is 1.46. The SMILES string of the molecule is COc1ccc(C2=NOC(COC(=O)Nc3ccccc3)C2)cc1. The standard InChI is InChI=1S/C18H18N2O4/c1-22-15-9-7-13(8-10-15)17-11-16(24-20-17)12-23-18(21)19-14-5-3-2-4-6-14/h2-10,16H,11-12H2,1H3,(H,19,21). The molecule has 1 N–H and O–H groups in total. The monoisotopic (exact) mass is 326 g/mol. The van der Waals surface area contributed by atoms with E-state index in [1.54, 1.807) is 19.2 Å². The number of hydrogen-bond acceptors (Lipinski definition) is 5. The van der Waals surface area contributed by atoms with E-state index in [0.717, 1.165) is 17.0 Å². The number of ether oxygens (including phenoxy) is 2. The van der Waals surface area contributed by atoms with Gasteiger partial charge in [-0.15, -0.1) is 0 Å². The maximum atomic E-state index is 11.8. The largest absolute Gasteiger partial charge is 0.497 e. The zero-order chi connectivity index (χ0) is 16.8. The molecule has 0 radical (unpaired) electrons. The number of para-hydroxylation sites is 1. The molecule has 1 amide bonds. The van der Waals surface area contributed by atoms with Crippen LogP contribution >= 0.6 is 0 Å². The number of amides is 1. The number of benzene rings is 2. The van der Waals surface area contributed by atoms with Crippen LogP contribution < -0.4 is 10.1 Å². The Hall–Kier alpha value is -3.02.